The zero-order valence-electron chi connectivity index (χ0n) is 19.7. The molecule has 0 fully saturated rings. The number of allylic oxidation sites excluding steroid dienone is 3. The standard InChI is InChI=1S/C25H21FN6O2S3/c1-13-5-10-19(36-13)21-16(11-27)23(28)32(17-3-2-4-18(33)22(17)21)24-30-31-25(37-24)35-12-20(34)29-15-8-6-14(26)7-9-15/h5-10,21H,2-4,12,28H2,1H3,(H,29,34). The second-order valence-corrected chi connectivity index (χ2v) is 12.0. The second kappa shape index (κ2) is 10.5. The molecule has 0 bridgehead atoms. The maximum Gasteiger partial charge on any atom is 0.234 e. The summed E-state index contributed by atoms with van der Waals surface area (Å²) in [4.78, 5) is 29.2. The van der Waals surface area contributed by atoms with E-state index in [1.54, 1.807) is 16.2 Å². The van der Waals surface area contributed by atoms with Crippen LogP contribution >= 0.6 is 34.4 Å². The number of nitrogens with zero attached hydrogens (tertiary/aromatic N) is 4. The predicted octanol–water partition coefficient (Wildman–Crippen LogP) is 5.08. The van der Waals surface area contributed by atoms with E-state index in [2.05, 4.69) is 21.6 Å². The lowest BCUT2D eigenvalue weighted by Gasteiger charge is -2.37. The quantitative estimate of drug-likeness (QED) is 0.406. The zero-order chi connectivity index (χ0) is 26.1. The summed E-state index contributed by atoms with van der Waals surface area (Å²) in [7, 11) is 0. The molecule has 2 aliphatic rings. The van der Waals surface area contributed by atoms with Gasteiger partial charge in [-0.05, 0) is 56.2 Å². The van der Waals surface area contributed by atoms with E-state index < -0.39 is 5.92 Å². The highest BCUT2D eigenvalue weighted by molar-refractivity contribution is 8.01. The number of anilines is 2. The number of thiophene rings is 1. The molecule has 0 saturated heterocycles. The van der Waals surface area contributed by atoms with Crippen molar-refractivity contribution in [3.8, 4) is 6.07 Å². The molecule has 1 atom stereocenters. The van der Waals surface area contributed by atoms with Crippen molar-refractivity contribution >= 4 is 56.9 Å². The van der Waals surface area contributed by atoms with Gasteiger partial charge in [0, 0.05) is 33.1 Å². The normalized spacial score (nSPS) is 17.6. The molecular formula is C25H21FN6O2S3. The monoisotopic (exact) mass is 552 g/mol. The Balaban J connectivity index is 1.40. The Kier molecular flexibility index (Phi) is 7.10. The molecule has 1 aliphatic carbocycles. The van der Waals surface area contributed by atoms with Crippen molar-refractivity contribution in [1.29, 1.82) is 5.26 Å². The third kappa shape index (κ3) is 5.02. The van der Waals surface area contributed by atoms with Gasteiger partial charge in [-0.15, -0.1) is 21.5 Å². The number of carbonyl (C=O) groups is 2. The molecule has 188 valence electrons. The Morgan fingerprint density at radius 2 is 2.03 bits per heavy atom. The summed E-state index contributed by atoms with van der Waals surface area (Å²) < 4.78 is 13.6. The minimum absolute atomic E-state index is 0.0131. The number of carbonyl (C=O) groups excluding carboxylic acids is 2. The van der Waals surface area contributed by atoms with Crippen molar-refractivity contribution in [2.24, 2.45) is 5.73 Å². The van der Waals surface area contributed by atoms with Gasteiger partial charge in [0.1, 0.15) is 11.6 Å². The van der Waals surface area contributed by atoms with Crippen molar-refractivity contribution in [2.75, 3.05) is 16.0 Å². The van der Waals surface area contributed by atoms with Crippen LogP contribution in [0.15, 0.2) is 63.4 Å². The minimum Gasteiger partial charge on any atom is -0.384 e. The summed E-state index contributed by atoms with van der Waals surface area (Å²) in [6.45, 7) is 1.99. The predicted molar refractivity (Wildman–Crippen MR) is 143 cm³/mol. The number of aryl methyl sites for hydroxylation is 1. The van der Waals surface area contributed by atoms with Gasteiger partial charge in [-0.3, -0.25) is 14.5 Å². The first-order valence-corrected chi connectivity index (χ1v) is 14.0. The first-order valence-electron chi connectivity index (χ1n) is 11.4. The second-order valence-electron chi connectivity index (χ2n) is 8.46. The number of Topliss-reactive ketones (excluding diaryl/α,β-unsaturated/α-hetero) is 1. The van der Waals surface area contributed by atoms with Crippen LogP contribution < -0.4 is 16.0 Å². The lowest BCUT2D eigenvalue weighted by atomic mass is 9.78. The van der Waals surface area contributed by atoms with E-state index in [-0.39, 0.29) is 29.1 Å². The van der Waals surface area contributed by atoms with Gasteiger partial charge in [-0.25, -0.2) is 4.39 Å². The summed E-state index contributed by atoms with van der Waals surface area (Å²) in [5.74, 6) is -0.802. The van der Waals surface area contributed by atoms with E-state index >= 15 is 0 Å². The minimum atomic E-state index is -0.486. The molecule has 8 nitrogen and oxygen atoms in total. The molecule has 0 spiro atoms. The Morgan fingerprint density at radius 1 is 1.24 bits per heavy atom. The van der Waals surface area contributed by atoms with E-state index in [9.17, 15) is 19.2 Å². The Bertz CT molecular complexity index is 1480. The molecule has 3 heterocycles. The Labute approximate surface area is 224 Å². The number of amides is 1. The maximum absolute atomic E-state index is 13.2. The molecule has 0 saturated carbocycles. The summed E-state index contributed by atoms with van der Waals surface area (Å²) >= 11 is 3.99. The average molecular weight is 553 g/mol. The molecular weight excluding hydrogens is 532 g/mol. The number of hydrogen-bond donors (Lipinski definition) is 2. The summed E-state index contributed by atoms with van der Waals surface area (Å²) in [6, 6.07) is 11.7. The Morgan fingerprint density at radius 3 is 2.73 bits per heavy atom. The molecule has 1 aromatic carbocycles. The number of nitrogens with two attached hydrogens (primary N) is 1. The van der Waals surface area contributed by atoms with E-state index in [1.807, 2.05) is 19.1 Å². The highest BCUT2D eigenvalue weighted by atomic mass is 32.2. The lowest BCUT2D eigenvalue weighted by Crippen LogP contribution is -2.38. The van der Waals surface area contributed by atoms with Crippen LogP contribution in [0, 0.1) is 24.1 Å². The molecule has 2 aromatic heterocycles. The number of ketones is 1. The number of rotatable bonds is 6. The maximum atomic E-state index is 13.2. The van der Waals surface area contributed by atoms with Gasteiger partial charge >= 0.3 is 0 Å². The van der Waals surface area contributed by atoms with Gasteiger partial charge < -0.3 is 11.1 Å². The van der Waals surface area contributed by atoms with Crippen LogP contribution in [0.1, 0.15) is 34.9 Å². The molecule has 3 N–H and O–H groups in total. The van der Waals surface area contributed by atoms with Crippen LogP contribution in [0.3, 0.4) is 0 Å². The topological polar surface area (TPSA) is 125 Å². The summed E-state index contributed by atoms with van der Waals surface area (Å²) in [5, 5.41) is 21.7. The van der Waals surface area contributed by atoms with Crippen LogP contribution in [-0.4, -0.2) is 27.6 Å². The van der Waals surface area contributed by atoms with Gasteiger partial charge in [0.05, 0.1) is 23.3 Å². The van der Waals surface area contributed by atoms with Gasteiger partial charge in [0.15, 0.2) is 10.1 Å². The molecule has 1 aliphatic heterocycles. The van der Waals surface area contributed by atoms with Crippen LogP contribution in [-0.2, 0) is 9.59 Å². The van der Waals surface area contributed by atoms with Crippen molar-refractivity contribution in [3.63, 3.8) is 0 Å². The van der Waals surface area contributed by atoms with E-state index in [1.165, 1.54) is 47.4 Å². The van der Waals surface area contributed by atoms with Crippen LogP contribution in [0.4, 0.5) is 15.2 Å². The molecule has 5 rings (SSSR count). The highest BCUT2D eigenvalue weighted by Crippen LogP contribution is 2.48. The summed E-state index contributed by atoms with van der Waals surface area (Å²) in [5.41, 5.74) is 8.73. The van der Waals surface area contributed by atoms with Gasteiger partial charge in [-0.2, -0.15) is 5.26 Å². The fourth-order valence-electron chi connectivity index (χ4n) is 4.41. The average Bonchev–Trinajstić information content (AvgIpc) is 3.52. The molecule has 37 heavy (non-hydrogen) atoms. The number of benzene rings is 1. The number of aromatic nitrogens is 2. The zero-order valence-corrected chi connectivity index (χ0v) is 22.1. The van der Waals surface area contributed by atoms with E-state index in [0.29, 0.717) is 45.6 Å². The number of nitrogens with one attached hydrogen (secondary N) is 1. The molecule has 1 amide bonds. The van der Waals surface area contributed by atoms with Gasteiger partial charge in [0.2, 0.25) is 11.0 Å². The fourth-order valence-corrected chi connectivity index (χ4v) is 7.08. The Hall–Kier alpha value is -3.53. The molecule has 3 aromatic rings. The molecule has 12 heteroatoms. The van der Waals surface area contributed by atoms with E-state index in [4.69, 9.17) is 5.73 Å². The third-order valence-electron chi connectivity index (χ3n) is 6.00. The van der Waals surface area contributed by atoms with Crippen LogP contribution in [0.5, 0.6) is 0 Å². The van der Waals surface area contributed by atoms with Crippen LogP contribution in [0.2, 0.25) is 0 Å². The van der Waals surface area contributed by atoms with Gasteiger partial charge in [0.25, 0.3) is 0 Å². The third-order valence-corrected chi connectivity index (χ3v) is 9.11. The number of halogens is 1. The largest absolute Gasteiger partial charge is 0.384 e. The fraction of sp³-hybridized carbons (Fsp3) is 0.240. The number of hydrogen-bond acceptors (Lipinski definition) is 10. The first-order chi connectivity index (χ1) is 17.9. The number of nitriles is 1. The van der Waals surface area contributed by atoms with Gasteiger partial charge in [-0.1, -0.05) is 23.1 Å². The van der Waals surface area contributed by atoms with E-state index in [0.717, 1.165) is 15.5 Å². The highest BCUT2D eigenvalue weighted by Gasteiger charge is 2.41. The van der Waals surface area contributed by atoms with Crippen molar-refractivity contribution in [1.82, 2.24) is 10.2 Å². The number of thioether (sulfide) groups is 1. The van der Waals surface area contributed by atoms with Crippen molar-refractivity contribution in [3.05, 3.63) is 74.6 Å². The smallest absolute Gasteiger partial charge is 0.234 e. The summed E-state index contributed by atoms with van der Waals surface area (Å²) in [6.07, 6.45) is 1.74. The van der Waals surface area contributed by atoms with Crippen molar-refractivity contribution < 1.29 is 14.0 Å². The lowest BCUT2D eigenvalue weighted by molar-refractivity contribution is -0.116. The SMILES string of the molecule is Cc1ccc(C2C(C#N)=C(N)N(c3nnc(SCC(=O)Nc4ccc(F)cc4)s3)C3=C2C(=O)CCC3)s1. The van der Waals surface area contributed by atoms with Crippen molar-refractivity contribution in [2.45, 2.75) is 36.4 Å². The molecule has 0 radical (unpaired) electrons. The molecule has 1 unspecified atom stereocenters. The van der Waals surface area contributed by atoms with Crippen LogP contribution in [0.25, 0.3) is 0 Å². The first kappa shape index (κ1) is 25.1.